The summed E-state index contributed by atoms with van der Waals surface area (Å²) >= 11 is 0. The summed E-state index contributed by atoms with van der Waals surface area (Å²) in [6.07, 6.45) is 0.475. The van der Waals surface area contributed by atoms with E-state index in [0.717, 1.165) is 5.56 Å². The number of benzene rings is 1. The first-order chi connectivity index (χ1) is 8.68. The number of nitrogens with two attached hydrogens (primary N) is 1. The molecule has 0 atom stereocenters. The molecule has 0 aliphatic heterocycles. The van der Waals surface area contributed by atoms with Crippen LogP contribution in [0.4, 0.5) is 0 Å². The van der Waals surface area contributed by atoms with Gasteiger partial charge in [0.05, 0.1) is 0 Å². The van der Waals surface area contributed by atoms with Crippen molar-refractivity contribution in [3.8, 4) is 0 Å². The van der Waals surface area contributed by atoms with Gasteiger partial charge in [0.25, 0.3) is 0 Å². The van der Waals surface area contributed by atoms with Crippen LogP contribution in [0.1, 0.15) is 24.8 Å². The number of esters is 1. The quantitative estimate of drug-likeness (QED) is 0.751. The molecule has 0 spiro atoms. The number of rotatable bonds is 6. The Morgan fingerprint density at radius 2 is 1.78 bits per heavy atom. The largest absolute Gasteiger partial charge is 0.481 e. The number of carbonyl (C=O) groups is 2. The van der Waals surface area contributed by atoms with Gasteiger partial charge in [-0.2, -0.15) is 0 Å². The van der Waals surface area contributed by atoms with Crippen molar-refractivity contribution < 1.29 is 19.4 Å². The average molecular weight is 253 g/mol. The van der Waals surface area contributed by atoms with E-state index in [1.54, 1.807) is 0 Å². The standard InChI is InChI=1S/C12H14O4.CH5N/c13-11(14)7-4-8-12(15)16-9-10-5-2-1-3-6-10;1-2/h1-3,5-6H,4,7-9H2,(H,13,14);2H2,1H3. The number of hydrogen-bond acceptors (Lipinski definition) is 4. The van der Waals surface area contributed by atoms with Gasteiger partial charge in [-0.3, -0.25) is 9.59 Å². The minimum Gasteiger partial charge on any atom is -0.481 e. The highest BCUT2D eigenvalue weighted by Gasteiger charge is 2.05. The first-order valence-corrected chi connectivity index (χ1v) is 5.67. The van der Waals surface area contributed by atoms with Gasteiger partial charge in [0.15, 0.2) is 0 Å². The lowest BCUT2D eigenvalue weighted by Gasteiger charge is -2.03. The monoisotopic (exact) mass is 253 g/mol. The molecule has 0 unspecified atom stereocenters. The minimum absolute atomic E-state index is 0.000434. The van der Waals surface area contributed by atoms with Gasteiger partial charge in [0.1, 0.15) is 6.61 Å². The fourth-order valence-electron chi connectivity index (χ4n) is 1.19. The number of carboxylic acids is 1. The summed E-state index contributed by atoms with van der Waals surface area (Å²) in [6.45, 7) is 0.243. The lowest BCUT2D eigenvalue weighted by atomic mass is 10.2. The van der Waals surface area contributed by atoms with Crippen LogP contribution in [0.3, 0.4) is 0 Å². The molecule has 0 aliphatic rings. The second-order valence-electron chi connectivity index (χ2n) is 3.39. The van der Waals surface area contributed by atoms with Crippen molar-refractivity contribution in [1.29, 1.82) is 0 Å². The first kappa shape index (κ1) is 16.1. The van der Waals surface area contributed by atoms with E-state index in [0.29, 0.717) is 6.42 Å². The molecule has 0 amide bonds. The van der Waals surface area contributed by atoms with Crippen LogP contribution in [0.15, 0.2) is 30.3 Å². The average Bonchev–Trinajstić information content (AvgIpc) is 2.39. The summed E-state index contributed by atoms with van der Waals surface area (Å²) in [5.74, 6) is -1.25. The SMILES string of the molecule is CN.O=C(O)CCCC(=O)OCc1ccccc1. The molecule has 0 fully saturated rings. The van der Waals surface area contributed by atoms with Gasteiger partial charge in [-0.1, -0.05) is 30.3 Å². The second kappa shape index (κ2) is 10.3. The van der Waals surface area contributed by atoms with Crippen LogP contribution in [0, 0.1) is 0 Å². The molecule has 1 rings (SSSR count). The Balaban J connectivity index is 0.00000137. The molecule has 5 nitrogen and oxygen atoms in total. The van der Waals surface area contributed by atoms with Gasteiger partial charge in [-0.05, 0) is 19.0 Å². The van der Waals surface area contributed by atoms with Crippen LogP contribution < -0.4 is 5.73 Å². The Hall–Kier alpha value is -1.88. The molecule has 1 aromatic rings. The maximum atomic E-state index is 11.2. The Bertz CT molecular complexity index is 351. The highest BCUT2D eigenvalue weighted by molar-refractivity contribution is 5.71. The lowest BCUT2D eigenvalue weighted by molar-refractivity contribution is -0.145. The van der Waals surface area contributed by atoms with Crippen molar-refractivity contribution in [2.75, 3.05) is 7.05 Å². The van der Waals surface area contributed by atoms with E-state index in [4.69, 9.17) is 9.84 Å². The van der Waals surface area contributed by atoms with Gasteiger partial charge in [0, 0.05) is 12.8 Å². The fourth-order valence-corrected chi connectivity index (χ4v) is 1.19. The highest BCUT2D eigenvalue weighted by atomic mass is 16.5. The first-order valence-electron chi connectivity index (χ1n) is 5.67. The molecule has 0 saturated carbocycles. The Kier molecular flexibility index (Phi) is 9.21. The van der Waals surface area contributed by atoms with Crippen molar-refractivity contribution in [1.82, 2.24) is 0 Å². The highest BCUT2D eigenvalue weighted by Crippen LogP contribution is 2.03. The summed E-state index contributed by atoms with van der Waals surface area (Å²) < 4.78 is 4.98. The van der Waals surface area contributed by atoms with Gasteiger partial charge < -0.3 is 15.6 Å². The van der Waals surface area contributed by atoms with Crippen molar-refractivity contribution in [2.24, 2.45) is 5.73 Å². The van der Waals surface area contributed by atoms with E-state index in [1.165, 1.54) is 7.05 Å². The lowest BCUT2D eigenvalue weighted by Crippen LogP contribution is -2.05. The molecule has 0 bridgehead atoms. The van der Waals surface area contributed by atoms with Gasteiger partial charge in [-0.25, -0.2) is 0 Å². The van der Waals surface area contributed by atoms with E-state index >= 15 is 0 Å². The zero-order valence-electron chi connectivity index (χ0n) is 10.5. The van der Waals surface area contributed by atoms with E-state index < -0.39 is 5.97 Å². The van der Waals surface area contributed by atoms with Crippen LogP contribution in [-0.4, -0.2) is 24.1 Å². The van der Waals surface area contributed by atoms with Crippen molar-refractivity contribution in [3.05, 3.63) is 35.9 Å². The predicted octanol–water partition coefficient (Wildman–Crippen LogP) is 1.56. The number of carboxylic acid groups (broad SMARTS) is 1. The number of ether oxygens (including phenoxy) is 1. The number of hydrogen-bond donors (Lipinski definition) is 2. The summed E-state index contributed by atoms with van der Waals surface area (Å²) in [4.78, 5) is 21.4. The molecule has 0 radical (unpaired) electrons. The number of aliphatic carboxylic acids is 1. The van der Waals surface area contributed by atoms with E-state index in [1.807, 2.05) is 30.3 Å². The fraction of sp³-hybridized carbons (Fsp3) is 0.385. The second-order valence-corrected chi connectivity index (χ2v) is 3.39. The zero-order valence-corrected chi connectivity index (χ0v) is 10.5. The maximum Gasteiger partial charge on any atom is 0.306 e. The Labute approximate surface area is 107 Å². The molecule has 100 valence electrons. The molecular formula is C13H19NO4. The molecule has 0 aliphatic carbocycles. The van der Waals surface area contributed by atoms with E-state index in [-0.39, 0.29) is 25.4 Å². The van der Waals surface area contributed by atoms with Crippen LogP contribution >= 0.6 is 0 Å². The van der Waals surface area contributed by atoms with E-state index in [9.17, 15) is 9.59 Å². The van der Waals surface area contributed by atoms with Gasteiger partial charge in [0.2, 0.25) is 0 Å². The summed E-state index contributed by atoms with van der Waals surface area (Å²) in [5.41, 5.74) is 5.43. The van der Waals surface area contributed by atoms with Crippen molar-refractivity contribution in [3.63, 3.8) is 0 Å². The Morgan fingerprint density at radius 3 is 2.33 bits per heavy atom. The summed E-state index contributed by atoms with van der Waals surface area (Å²) in [5, 5.41) is 8.38. The minimum atomic E-state index is -0.893. The summed E-state index contributed by atoms with van der Waals surface area (Å²) in [6, 6.07) is 9.36. The van der Waals surface area contributed by atoms with Crippen molar-refractivity contribution in [2.45, 2.75) is 25.9 Å². The third-order valence-electron chi connectivity index (χ3n) is 2.01. The normalized spacial score (nSPS) is 9.00. The molecule has 3 N–H and O–H groups in total. The van der Waals surface area contributed by atoms with E-state index in [2.05, 4.69) is 5.73 Å². The molecule has 1 aromatic carbocycles. The molecule has 0 saturated heterocycles. The molecular weight excluding hydrogens is 234 g/mol. The molecule has 5 heteroatoms. The third kappa shape index (κ3) is 8.29. The van der Waals surface area contributed by atoms with Crippen LogP contribution in [0.2, 0.25) is 0 Å². The Morgan fingerprint density at radius 1 is 1.17 bits per heavy atom. The smallest absolute Gasteiger partial charge is 0.306 e. The zero-order chi connectivity index (χ0) is 13.8. The van der Waals surface area contributed by atoms with Gasteiger partial charge >= 0.3 is 11.9 Å². The van der Waals surface area contributed by atoms with Crippen molar-refractivity contribution >= 4 is 11.9 Å². The molecule has 18 heavy (non-hydrogen) atoms. The third-order valence-corrected chi connectivity index (χ3v) is 2.01. The molecule has 0 heterocycles. The van der Waals surface area contributed by atoms with Crippen LogP contribution in [-0.2, 0) is 20.9 Å². The maximum absolute atomic E-state index is 11.2. The summed E-state index contributed by atoms with van der Waals surface area (Å²) in [7, 11) is 1.50. The number of carbonyl (C=O) groups excluding carboxylic acids is 1. The topological polar surface area (TPSA) is 89.6 Å². The van der Waals surface area contributed by atoms with Crippen LogP contribution in [0.25, 0.3) is 0 Å². The predicted molar refractivity (Wildman–Crippen MR) is 67.8 cm³/mol. The van der Waals surface area contributed by atoms with Gasteiger partial charge in [-0.15, -0.1) is 0 Å². The van der Waals surface area contributed by atoms with Crippen LogP contribution in [0.5, 0.6) is 0 Å². The molecule has 0 aromatic heterocycles.